The number of β-amino-alcohol motifs (C(OH)–C–C–N with tert-alkyl or cyclic N) is 2. The maximum absolute atomic E-state index is 9.97. The van der Waals surface area contributed by atoms with E-state index in [0.29, 0.717) is 35.3 Å². The number of phenols is 2. The number of aromatic hydroxyl groups is 2. The van der Waals surface area contributed by atoms with Crippen molar-refractivity contribution in [3.8, 4) is 11.5 Å². The van der Waals surface area contributed by atoms with Crippen LogP contribution in [0.4, 0.5) is 0 Å². The Morgan fingerprint density at radius 3 is 1.23 bits per heavy atom. The van der Waals surface area contributed by atoms with Crippen LogP contribution in [-0.2, 0) is 23.6 Å². The van der Waals surface area contributed by atoms with Crippen LogP contribution >= 0.6 is 0 Å². The summed E-state index contributed by atoms with van der Waals surface area (Å²) in [6, 6.07) is 9.52. The van der Waals surface area contributed by atoms with Crippen LogP contribution in [0, 0.1) is 0 Å². The van der Waals surface area contributed by atoms with Gasteiger partial charge in [0, 0.05) is 35.3 Å². The van der Waals surface area contributed by atoms with Crippen LogP contribution in [0.15, 0.2) is 36.4 Å². The van der Waals surface area contributed by atoms with Gasteiger partial charge >= 0.3 is 40.0 Å². The van der Waals surface area contributed by atoms with E-state index in [1.807, 2.05) is 41.5 Å². The molecule has 0 aliphatic heterocycles. The molecule has 40 heavy (non-hydrogen) atoms. The van der Waals surface area contributed by atoms with Crippen molar-refractivity contribution in [3.63, 3.8) is 0 Å². The molecule has 0 aromatic heterocycles. The van der Waals surface area contributed by atoms with Crippen molar-refractivity contribution in [3.05, 3.63) is 58.7 Å². The molecule has 14 heteroatoms. The van der Waals surface area contributed by atoms with E-state index < -0.39 is 22.6 Å². The van der Waals surface area contributed by atoms with E-state index in [0.717, 1.165) is 0 Å². The van der Waals surface area contributed by atoms with Crippen LogP contribution in [-0.4, -0.2) is 72.3 Å². The van der Waals surface area contributed by atoms with Gasteiger partial charge in [0.25, 0.3) is 0 Å². The van der Waals surface area contributed by atoms with Crippen LogP contribution in [0.3, 0.4) is 0 Å². The predicted octanol–water partition coefficient (Wildman–Crippen LogP) is -0.924. The zero-order chi connectivity index (χ0) is 30.6. The molecule has 0 amide bonds. The van der Waals surface area contributed by atoms with Gasteiger partial charge in [-0.25, -0.2) is 0 Å². The molecule has 0 fully saturated rings. The smallest absolute Gasteiger partial charge is 1.00 e. The minimum atomic E-state index is -4.67. The first kappa shape index (κ1) is 40.8. The topological polar surface area (TPSA) is 220 Å². The van der Waals surface area contributed by atoms with Crippen molar-refractivity contribution < 1.29 is 79.1 Å². The Morgan fingerprint density at radius 1 is 0.725 bits per heavy atom. The van der Waals surface area contributed by atoms with Crippen LogP contribution in [0.2, 0.25) is 0 Å². The molecular weight excluding hydrogens is 555 g/mol. The first-order valence-electron chi connectivity index (χ1n) is 12.1. The summed E-state index contributed by atoms with van der Waals surface area (Å²) in [7, 11) is -4.67. The second-order valence-electron chi connectivity index (χ2n) is 10.8. The van der Waals surface area contributed by atoms with Crippen LogP contribution in [0.5, 0.6) is 11.5 Å². The Kier molecular flexibility index (Phi) is 18.6. The molecule has 2 unspecified atom stereocenters. The van der Waals surface area contributed by atoms with Gasteiger partial charge in [0.1, 0.15) is 11.5 Å². The Hall–Kier alpha value is -1.33. The van der Waals surface area contributed by atoms with Crippen molar-refractivity contribution >= 4 is 10.4 Å². The van der Waals surface area contributed by atoms with Gasteiger partial charge in [0.05, 0.1) is 25.4 Å². The Morgan fingerprint density at radius 2 is 1.00 bits per heavy atom. The molecule has 2 aromatic carbocycles. The summed E-state index contributed by atoms with van der Waals surface area (Å²) >= 11 is 0. The number of aliphatic hydroxyl groups excluding tert-OH is 4. The fourth-order valence-electron chi connectivity index (χ4n) is 2.92. The molecule has 0 saturated carbocycles. The standard InChI is InChI=1S/2C13H21NO3.Na.H2O4S.H/c2*1-13(2,3)14-7-12(17)9-4-5-11(16)10(6-9)8-15;;1-5(2,3)4;/h2*4-6,12,14-17H,7-8H2,1-3H3;;(H2,1,2,3,4);/q;;+1;;-1. The average molecular weight is 601 g/mol. The van der Waals surface area contributed by atoms with Gasteiger partial charge in [-0.1, -0.05) is 12.1 Å². The summed E-state index contributed by atoms with van der Waals surface area (Å²) in [5, 5.41) is 63.2. The van der Waals surface area contributed by atoms with E-state index in [9.17, 15) is 20.4 Å². The molecule has 0 aliphatic carbocycles. The van der Waals surface area contributed by atoms with E-state index in [-0.39, 0.29) is 66.8 Å². The Balaban J connectivity index is -0.000000581. The molecule has 2 aromatic rings. The first-order chi connectivity index (χ1) is 17.7. The SMILES string of the molecule is CC(C)(C)NCC(O)c1ccc(O)c(CO)c1.CC(C)(C)NCC(O)c1ccc(O)c(CO)c1.O=S(=O)(O)O.[H-].[Na+]. The van der Waals surface area contributed by atoms with Crippen LogP contribution in [0.25, 0.3) is 0 Å². The molecule has 0 heterocycles. The number of aliphatic hydroxyl groups is 4. The molecule has 0 radical (unpaired) electrons. The van der Waals surface area contributed by atoms with Gasteiger partial charge in [0.15, 0.2) is 0 Å². The summed E-state index contributed by atoms with van der Waals surface area (Å²) in [5.41, 5.74) is 2.11. The monoisotopic (exact) mass is 600 g/mol. The van der Waals surface area contributed by atoms with Gasteiger partial charge in [-0.3, -0.25) is 9.11 Å². The molecule has 0 bridgehead atoms. The summed E-state index contributed by atoms with van der Waals surface area (Å²) in [6.45, 7) is 12.5. The largest absolute Gasteiger partial charge is 1.00 e. The summed E-state index contributed by atoms with van der Waals surface area (Å²) < 4.78 is 31.6. The zero-order valence-corrected chi connectivity index (χ0v) is 27.1. The number of hydrogen-bond donors (Lipinski definition) is 10. The van der Waals surface area contributed by atoms with Gasteiger partial charge in [-0.05, 0) is 76.9 Å². The minimum absolute atomic E-state index is 0. The quantitative estimate of drug-likeness (QED) is 0.131. The van der Waals surface area contributed by atoms with Gasteiger partial charge < -0.3 is 42.7 Å². The van der Waals surface area contributed by atoms with E-state index in [1.165, 1.54) is 12.1 Å². The van der Waals surface area contributed by atoms with E-state index >= 15 is 0 Å². The van der Waals surface area contributed by atoms with Crippen molar-refractivity contribution in [2.75, 3.05) is 13.1 Å². The van der Waals surface area contributed by atoms with E-state index in [2.05, 4.69) is 10.6 Å². The predicted molar refractivity (Wildman–Crippen MR) is 149 cm³/mol. The Bertz CT molecular complexity index is 1040. The summed E-state index contributed by atoms with van der Waals surface area (Å²) in [4.78, 5) is 0. The molecule has 0 aliphatic rings. The number of hydrogen-bond acceptors (Lipinski definition) is 10. The molecule has 10 N–H and O–H groups in total. The summed E-state index contributed by atoms with van der Waals surface area (Å²) in [5.74, 6) is 0.0967. The van der Waals surface area contributed by atoms with E-state index in [1.54, 1.807) is 24.3 Å². The fraction of sp³-hybridized carbons (Fsp3) is 0.538. The van der Waals surface area contributed by atoms with Gasteiger partial charge in [0.2, 0.25) is 0 Å². The molecular formula is C26H45N2NaO10S. The average Bonchev–Trinajstić information content (AvgIpc) is 2.80. The van der Waals surface area contributed by atoms with Gasteiger partial charge in [-0.2, -0.15) is 8.42 Å². The van der Waals surface area contributed by atoms with Crippen molar-refractivity contribution in [2.45, 2.75) is 78.0 Å². The second-order valence-corrected chi connectivity index (χ2v) is 11.7. The van der Waals surface area contributed by atoms with Crippen molar-refractivity contribution in [1.82, 2.24) is 10.6 Å². The molecule has 226 valence electrons. The number of nitrogens with one attached hydrogen (secondary N) is 2. The molecule has 0 saturated heterocycles. The van der Waals surface area contributed by atoms with E-state index in [4.69, 9.17) is 27.7 Å². The zero-order valence-electron chi connectivity index (χ0n) is 25.2. The third-order valence-electron chi connectivity index (χ3n) is 4.97. The molecule has 2 rings (SSSR count). The van der Waals surface area contributed by atoms with Crippen molar-refractivity contribution in [1.29, 1.82) is 0 Å². The van der Waals surface area contributed by atoms with Crippen LogP contribution in [0.1, 0.15) is 77.4 Å². The third-order valence-corrected chi connectivity index (χ3v) is 4.97. The first-order valence-corrected chi connectivity index (χ1v) is 13.5. The number of rotatable bonds is 8. The minimum Gasteiger partial charge on any atom is -1.00 e. The number of benzene rings is 2. The maximum Gasteiger partial charge on any atom is 1.00 e. The summed E-state index contributed by atoms with van der Waals surface area (Å²) in [6.07, 6.45) is -1.31. The second kappa shape index (κ2) is 18.3. The van der Waals surface area contributed by atoms with Crippen molar-refractivity contribution in [2.24, 2.45) is 0 Å². The van der Waals surface area contributed by atoms with Crippen LogP contribution < -0.4 is 40.2 Å². The normalized spacial score (nSPS) is 13.1. The molecule has 12 nitrogen and oxygen atoms in total. The molecule has 2 atom stereocenters. The third kappa shape index (κ3) is 19.7. The maximum atomic E-state index is 9.97. The fourth-order valence-corrected chi connectivity index (χ4v) is 2.92. The Labute approximate surface area is 260 Å². The molecule has 0 spiro atoms. The van der Waals surface area contributed by atoms with Gasteiger partial charge in [-0.15, -0.1) is 0 Å².